The van der Waals surface area contributed by atoms with Crippen molar-refractivity contribution < 1.29 is 14.6 Å². The van der Waals surface area contributed by atoms with Crippen LogP contribution in [0.1, 0.15) is 58.1 Å². The Kier molecular flexibility index (Phi) is 6.02. The van der Waals surface area contributed by atoms with Crippen molar-refractivity contribution in [1.29, 1.82) is 0 Å². The predicted molar refractivity (Wildman–Crippen MR) is 90.0 cm³/mol. The van der Waals surface area contributed by atoms with Gasteiger partial charge in [-0.25, -0.2) is 4.79 Å². The van der Waals surface area contributed by atoms with E-state index in [0.717, 1.165) is 31.2 Å². The van der Waals surface area contributed by atoms with Crippen LogP contribution in [0.15, 0.2) is 30.3 Å². The predicted octanol–water partition coefficient (Wildman–Crippen LogP) is 3.10. The second kappa shape index (κ2) is 7.79. The van der Waals surface area contributed by atoms with Crippen molar-refractivity contribution in [3.05, 3.63) is 35.9 Å². The van der Waals surface area contributed by atoms with Gasteiger partial charge in [0.25, 0.3) is 0 Å². The summed E-state index contributed by atoms with van der Waals surface area (Å²) in [6, 6.07) is 8.75. The summed E-state index contributed by atoms with van der Waals surface area (Å²) >= 11 is 0. The monoisotopic (exact) mass is 320 g/mol. The first-order chi connectivity index (χ1) is 10.8. The third kappa shape index (κ3) is 5.84. The molecule has 2 rings (SSSR count). The highest BCUT2D eigenvalue weighted by atomic mass is 16.6. The average molecular weight is 320 g/mol. The van der Waals surface area contributed by atoms with E-state index in [1.807, 2.05) is 51.1 Å². The number of nitrogens with one attached hydrogen (secondary N) is 2. The lowest BCUT2D eigenvalue weighted by atomic mass is 10.1. The zero-order valence-electron chi connectivity index (χ0n) is 14.2. The van der Waals surface area contributed by atoms with E-state index in [-0.39, 0.29) is 12.1 Å². The number of hydrogen-bond acceptors (Lipinski definition) is 3. The molecule has 0 spiro atoms. The fourth-order valence-corrected chi connectivity index (χ4v) is 2.85. The molecule has 0 aliphatic heterocycles. The summed E-state index contributed by atoms with van der Waals surface area (Å²) in [7, 11) is 0. The van der Waals surface area contributed by atoms with Gasteiger partial charge in [0.1, 0.15) is 6.04 Å². The first kappa shape index (κ1) is 17.8. The minimum atomic E-state index is -1.12. The van der Waals surface area contributed by atoms with E-state index >= 15 is 0 Å². The van der Waals surface area contributed by atoms with Crippen molar-refractivity contribution >= 4 is 6.03 Å². The van der Waals surface area contributed by atoms with Crippen molar-refractivity contribution in [1.82, 2.24) is 10.6 Å². The molecule has 2 atom stereocenters. The number of amides is 2. The standard InChI is InChI=1S/C18H28N2O3/c1-18(2,3)23-16(21)15(13-9-5-4-6-10-13)20-17(22)19-14-11-7-8-12-14/h4-6,9-10,14-16,21H,7-8,11-12H2,1-3H3,(H2,19,20,22). The number of hydrogen-bond donors (Lipinski definition) is 3. The van der Waals surface area contributed by atoms with Crippen LogP contribution in [0.25, 0.3) is 0 Å². The molecule has 1 fully saturated rings. The van der Waals surface area contributed by atoms with E-state index in [4.69, 9.17) is 4.74 Å². The summed E-state index contributed by atoms with van der Waals surface area (Å²) in [4.78, 5) is 12.3. The minimum absolute atomic E-state index is 0.229. The number of carbonyl (C=O) groups is 1. The Morgan fingerprint density at radius 2 is 1.83 bits per heavy atom. The number of benzene rings is 1. The number of carbonyl (C=O) groups excluding carboxylic acids is 1. The summed E-state index contributed by atoms with van der Waals surface area (Å²) in [6.07, 6.45) is 3.23. The second-order valence-electron chi connectivity index (χ2n) is 7.11. The van der Waals surface area contributed by atoms with Gasteiger partial charge < -0.3 is 20.5 Å². The summed E-state index contributed by atoms with van der Waals surface area (Å²) in [5.74, 6) is 0. The molecule has 1 aliphatic carbocycles. The highest BCUT2D eigenvalue weighted by Crippen LogP contribution is 2.22. The molecular formula is C18H28N2O3. The van der Waals surface area contributed by atoms with E-state index in [2.05, 4.69) is 10.6 Å². The molecule has 2 amide bonds. The van der Waals surface area contributed by atoms with Gasteiger partial charge in [-0.1, -0.05) is 43.2 Å². The zero-order valence-corrected chi connectivity index (χ0v) is 14.2. The maximum absolute atomic E-state index is 12.3. The third-order valence-corrected chi connectivity index (χ3v) is 3.90. The maximum Gasteiger partial charge on any atom is 0.315 e. The SMILES string of the molecule is CC(C)(C)OC(O)C(NC(=O)NC1CCCC1)c1ccccc1. The summed E-state index contributed by atoms with van der Waals surface area (Å²) in [5.41, 5.74) is 0.307. The topological polar surface area (TPSA) is 70.6 Å². The zero-order chi connectivity index (χ0) is 16.9. The first-order valence-electron chi connectivity index (χ1n) is 8.33. The molecule has 0 heterocycles. The molecule has 23 heavy (non-hydrogen) atoms. The summed E-state index contributed by atoms with van der Waals surface area (Å²) < 4.78 is 5.64. The lowest BCUT2D eigenvalue weighted by Gasteiger charge is -2.30. The van der Waals surface area contributed by atoms with Crippen molar-refractivity contribution in [3.8, 4) is 0 Å². The van der Waals surface area contributed by atoms with Gasteiger partial charge >= 0.3 is 6.03 Å². The van der Waals surface area contributed by atoms with E-state index in [1.165, 1.54) is 0 Å². The van der Waals surface area contributed by atoms with Gasteiger partial charge in [-0.3, -0.25) is 0 Å². The molecule has 3 N–H and O–H groups in total. The van der Waals surface area contributed by atoms with E-state index in [1.54, 1.807) is 0 Å². The minimum Gasteiger partial charge on any atom is -0.366 e. The Labute approximate surface area is 138 Å². The quantitative estimate of drug-likeness (QED) is 0.730. The number of aliphatic hydroxyl groups is 1. The largest absolute Gasteiger partial charge is 0.366 e. The Balaban J connectivity index is 2.05. The van der Waals surface area contributed by atoms with Gasteiger partial charge in [0, 0.05) is 6.04 Å². The van der Waals surface area contributed by atoms with Crippen LogP contribution >= 0.6 is 0 Å². The van der Waals surface area contributed by atoms with Gasteiger partial charge in [-0.05, 0) is 39.2 Å². The van der Waals surface area contributed by atoms with Crippen LogP contribution in [0.3, 0.4) is 0 Å². The van der Waals surface area contributed by atoms with Crippen LogP contribution in [0.2, 0.25) is 0 Å². The first-order valence-corrected chi connectivity index (χ1v) is 8.33. The normalized spacial score (nSPS) is 18.4. The molecule has 0 radical (unpaired) electrons. The van der Waals surface area contributed by atoms with Crippen molar-refractivity contribution in [3.63, 3.8) is 0 Å². The fourth-order valence-electron chi connectivity index (χ4n) is 2.85. The second-order valence-corrected chi connectivity index (χ2v) is 7.11. The molecule has 2 unspecified atom stereocenters. The van der Waals surface area contributed by atoms with Crippen molar-refractivity contribution in [2.24, 2.45) is 0 Å². The molecular weight excluding hydrogens is 292 g/mol. The number of aliphatic hydroxyl groups excluding tert-OH is 1. The molecule has 0 aromatic heterocycles. The van der Waals surface area contributed by atoms with Crippen molar-refractivity contribution in [2.75, 3.05) is 0 Å². The molecule has 5 nitrogen and oxygen atoms in total. The molecule has 1 aromatic rings. The average Bonchev–Trinajstić information content (AvgIpc) is 2.96. The molecule has 0 saturated heterocycles. The van der Waals surface area contributed by atoms with Gasteiger partial charge in [0.15, 0.2) is 6.29 Å². The van der Waals surface area contributed by atoms with Crippen molar-refractivity contribution in [2.45, 2.75) is 70.4 Å². The molecule has 1 saturated carbocycles. The van der Waals surface area contributed by atoms with Gasteiger partial charge in [-0.2, -0.15) is 0 Å². The Morgan fingerprint density at radius 1 is 1.22 bits per heavy atom. The van der Waals surface area contributed by atoms with Gasteiger partial charge in [0.05, 0.1) is 5.60 Å². The van der Waals surface area contributed by atoms with Crippen LogP contribution < -0.4 is 10.6 Å². The molecule has 5 heteroatoms. The third-order valence-electron chi connectivity index (χ3n) is 3.90. The van der Waals surface area contributed by atoms with E-state index < -0.39 is 17.9 Å². The lowest BCUT2D eigenvalue weighted by Crippen LogP contribution is -2.47. The van der Waals surface area contributed by atoms with Gasteiger partial charge in [0.2, 0.25) is 0 Å². The van der Waals surface area contributed by atoms with E-state index in [9.17, 15) is 9.90 Å². The Hall–Kier alpha value is -1.59. The number of rotatable bonds is 5. The number of urea groups is 1. The van der Waals surface area contributed by atoms with Crippen LogP contribution in [-0.2, 0) is 4.74 Å². The summed E-state index contributed by atoms with van der Waals surface area (Å²) in [5, 5.41) is 16.3. The number of ether oxygens (including phenoxy) is 1. The van der Waals surface area contributed by atoms with Crippen LogP contribution in [0, 0.1) is 0 Å². The Bertz CT molecular complexity index is 493. The lowest BCUT2D eigenvalue weighted by molar-refractivity contribution is -0.179. The van der Waals surface area contributed by atoms with Gasteiger partial charge in [-0.15, -0.1) is 0 Å². The Morgan fingerprint density at radius 3 is 2.39 bits per heavy atom. The highest BCUT2D eigenvalue weighted by molar-refractivity contribution is 5.74. The van der Waals surface area contributed by atoms with Crippen LogP contribution in [0.4, 0.5) is 4.79 Å². The van der Waals surface area contributed by atoms with Crippen LogP contribution in [-0.4, -0.2) is 29.1 Å². The summed E-state index contributed by atoms with van der Waals surface area (Å²) in [6.45, 7) is 5.62. The van der Waals surface area contributed by atoms with Crippen LogP contribution in [0.5, 0.6) is 0 Å². The van der Waals surface area contributed by atoms with E-state index in [0.29, 0.717) is 0 Å². The smallest absolute Gasteiger partial charge is 0.315 e. The molecule has 0 bridgehead atoms. The molecule has 128 valence electrons. The fraction of sp³-hybridized carbons (Fsp3) is 0.611. The highest BCUT2D eigenvalue weighted by Gasteiger charge is 2.28. The maximum atomic E-state index is 12.3. The molecule has 1 aliphatic rings. The molecule has 1 aromatic carbocycles.